The monoisotopic (exact) mass is 303 g/mol. The molecular weight excluding hydrogens is 282 g/mol. The maximum atomic E-state index is 10.6. The van der Waals surface area contributed by atoms with Crippen molar-refractivity contribution in [2.75, 3.05) is 38.5 Å². The highest BCUT2D eigenvalue weighted by molar-refractivity contribution is 7.85. The maximum absolute atomic E-state index is 10.6. The van der Waals surface area contributed by atoms with Crippen LogP contribution in [0.25, 0.3) is 0 Å². The number of benzene rings is 1. The second kappa shape index (κ2) is 7.35. The average molecular weight is 303 g/mol. The molecule has 0 spiro atoms. The number of hydrogen-bond acceptors (Lipinski definition) is 5. The van der Waals surface area contributed by atoms with Gasteiger partial charge in [0.1, 0.15) is 0 Å². The summed E-state index contributed by atoms with van der Waals surface area (Å²) in [6, 6.07) is 5.59. The van der Waals surface area contributed by atoms with Crippen LogP contribution in [-0.2, 0) is 10.1 Å². The Morgan fingerprint density at radius 3 is 2.35 bits per heavy atom. The summed E-state index contributed by atoms with van der Waals surface area (Å²) in [5, 5.41) is 0. The SMILES string of the molecule is COc1ccc(N(C)CCCCS(=O)(=O)O)cc1OC. The molecular formula is C13H21NO5S. The Bertz CT molecular complexity index is 530. The fourth-order valence-electron chi connectivity index (χ4n) is 1.82. The maximum Gasteiger partial charge on any atom is 0.264 e. The minimum Gasteiger partial charge on any atom is -0.493 e. The Kier molecular flexibility index (Phi) is 6.09. The van der Waals surface area contributed by atoms with Crippen molar-refractivity contribution in [1.29, 1.82) is 0 Å². The standard InChI is InChI=1S/C13H21NO5S/c1-14(8-4-5-9-20(15,16)17)11-6-7-12(18-2)13(10-11)19-3/h6-7,10H,4-5,8-9H2,1-3H3,(H,15,16,17). The van der Waals surface area contributed by atoms with Gasteiger partial charge >= 0.3 is 0 Å². The molecule has 1 aromatic rings. The summed E-state index contributed by atoms with van der Waals surface area (Å²) in [6.07, 6.45) is 1.10. The smallest absolute Gasteiger partial charge is 0.264 e. The van der Waals surface area contributed by atoms with Crippen LogP contribution in [-0.4, -0.2) is 46.5 Å². The molecule has 0 unspecified atom stereocenters. The normalized spacial score (nSPS) is 11.2. The van der Waals surface area contributed by atoms with Crippen molar-refractivity contribution in [3.8, 4) is 11.5 Å². The van der Waals surface area contributed by atoms with E-state index in [4.69, 9.17) is 14.0 Å². The average Bonchev–Trinajstić information content (AvgIpc) is 2.41. The second-order valence-corrected chi connectivity index (χ2v) is 6.03. The molecule has 0 bridgehead atoms. The number of methoxy groups -OCH3 is 2. The van der Waals surface area contributed by atoms with E-state index in [-0.39, 0.29) is 5.75 Å². The van der Waals surface area contributed by atoms with Gasteiger partial charge < -0.3 is 14.4 Å². The Hall–Kier alpha value is -1.47. The van der Waals surface area contributed by atoms with Crippen LogP contribution in [0, 0.1) is 0 Å². The summed E-state index contributed by atoms with van der Waals surface area (Å²) in [4.78, 5) is 1.99. The first-order chi connectivity index (χ1) is 9.37. The van der Waals surface area contributed by atoms with E-state index in [0.717, 1.165) is 5.69 Å². The first kappa shape index (κ1) is 16.6. The third-order valence-corrected chi connectivity index (χ3v) is 3.76. The van der Waals surface area contributed by atoms with Gasteiger partial charge in [0.15, 0.2) is 11.5 Å². The van der Waals surface area contributed by atoms with Crippen molar-refractivity contribution >= 4 is 15.8 Å². The zero-order valence-electron chi connectivity index (χ0n) is 12.0. The fourth-order valence-corrected chi connectivity index (χ4v) is 2.39. The first-order valence-corrected chi connectivity index (χ1v) is 7.86. The Morgan fingerprint density at radius 2 is 1.80 bits per heavy atom. The second-order valence-electron chi connectivity index (χ2n) is 4.45. The molecule has 1 rings (SSSR count). The molecule has 1 N–H and O–H groups in total. The molecule has 20 heavy (non-hydrogen) atoms. The molecule has 0 aromatic heterocycles. The molecule has 0 radical (unpaired) electrons. The summed E-state index contributed by atoms with van der Waals surface area (Å²) < 4.78 is 40.3. The molecule has 0 atom stereocenters. The van der Waals surface area contributed by atoms with Gasteiger partial charge in [-0.25, -0.2) is 0 Å². The molecule has 7 heteroatoms. The van der Waals surface area contributed by atoms with E-state index in [1.807, 2.05) is 30.1 Å². The summed E-state index contributed by atoms with van der Waals surface area (Å²) >= 11 is 0. The highest BCUT2D eigenvalue weighted by Crippen LogP contribution is 2.31. The molecule has 0 aliphatic heterocycles. The van der Waals surface area contributed by atoms with E-state index in [1.54, 1.807) is 14.2 Å². The van der Waals surface area contributed by atoms with E-state index in [0.29, 0.717) is 30.9 Å². The van der Waals surface area contributed by atoms with Crippen LogP contribution in [0.5, 0.6) is 11.5 Å². The highest BCUT2D eigenvalue weighted by Gasteiger charge is 2.08. The zero-order valence-corrected chi connectivity index (χ0v) is 12.8. The van der Waals surface area contributed by atoms with Crippen LogP contribution in [0.1, 0.15) is 12.8 Å². The van der Waals surface area contributed by atoms with Gasteiger partial charge in [-0.15, -0.1) is 0 Å². The number of unbranched alkanes of at least 4 members (excludes halogenated alkanes) is 1. The zero-order chi connectivity index (χ0) is 15.2. The summed E-state index contributed by atoms with van der Waals surface area (Å²) in [7, 11) is 1.21. The lowest BCUT2D eigenvalue weighted by Gasteiger charge is -2.20. The van der Waals surface area contributed by atoms with E-state index in [2.05, 4.69) is 0 Å². The molecule has 1 aromatic carbocycles. The molecule has 0 heterocycles. The Balaban J connectivity index is 2.57. The predicted molar refractivity (Wildman–Crippen MR) is 78.5 cm³/mol. The van der Waals surface area contributed by atoms with E-state index >= 15 is 0 Å². The third-order valence-electron chi connectivity index (χ3n) is 2.95. The van der Waals surface area contributed by atoms with Crippen LogP contribution in [0.15, 0.2) is 18.2 Å². The molecule has 0 amide bonds. The van der Waals surface area contributed by atoms with Gasteiger partial charge in [0.05, 0.1) is 20.0 Å². The number of hydrogen-bond donors (Lipinski definition) is 1. The molecule has 0 aliphatic rings. The van der Waals surface area contributed by atoms with Crippen LogP contribution in [0.4, 0.5) is 5.69 Å². The molecule has 114 valence electrons. The fraction of sp³-hybridized carbons (Fsp3) is 0.538. The van der Waals surface area contributed by atoms with E-state index in [1.165, 1.54) is 0 Å². The largest absolute Gasteiger partial charge is 0.493 e. The summed E-state index contributed by atoms with van der Waals surface area (Å²) in [5.41, 5.74) is 0.953. The van der Waals surface area contributed by atoms with Crippen molar-refractivity contribution < 1.29 is 22.4 Å². The number of nitrogens with zero attached hydrogens (tertiary/aromatic N) is 1. The highest BCUT2D eigenvalue weighted by atomic mass is 32.2. The van der Waals surface area contributed by atoms with Gasteiger partial charge in [-0.05, 0) is 25.0 Å². The van der Waals surface area contributed by atoms with Crippen LogP contribution < -0.4 is 14.4 Å². The van der Waals surface area contributed by atoms with Crippen LogP contribution in [0.3, 0.4) is 0 Å². The number of anilines is 1. The molecule has 0 fully saturated rings. The lowest BCUT2D eigenvalue weighted by molar-refractivity contribution is 0.355. The van der Waals surface area contributed by atoms with Crippen LogP contribution in [0.2, 0.25) is 0 Å². The minimum atomic E-state index is -3.86. The van der Waals surface area contributed by atoms with Gasteiger partial charge in [-0.1, -0.05) is 0 Å². The first-order valence-electron chi connectivity index (χ1n) is 6.25. The van der Waals surface area contributed by atoms with Crippen molar-refractivity contribution in [3.63, 3.8) is 0 Å². The number of ether oxygens (including phenoxy) is 2. The number of rotatable bonds is 8. The minimum absolute atomic E-state index is 0.202. The van der Waals surface area contributed by atoms with Gasteiger partial charge in [-0.2, -0.15) is 8.42 Å². The van der Waals surface area contributed by atoms with Gasteiger partial charge in [0.2, 0.25) is 0 Å². The van der Waals surface area contributed by atoms with Crippen molar-refractivity contribution in [3.05, 3.63) is 18.2 Å². The lowest BCUT2D eigenvalue weighted by atomic mass is 10.2. The van der Waals surface area contributed by atoms with Crippen LogP contribution >= 0.6 is 0 Å². The Labute approximate surface area is 120 Å². The quantitative estimate of drug-likeness (QED) is 0.583. The molecule has 0 aliphatic carbocycles. The molecule has 6 nitrogen and oxygen atoms in total. The van der Waals surface area contributed by atoms with Crippen molar-refractivity contribution in [1.82, 2.24) is 0 Å². The topological polar surface area (TPSA) is 76.1 Å². The van der Waals surface area contributed by atoms with Crippen molar-refractivity contribution in [2.45, 2.75) is 12.8 Å². The molecule has 0 saturated heterocycles. The van der Waals surface area contributed by atoms with Gasteiger partial charge in [0.25, 0.3) is 10.1 Å². The third kappa shape index (κ3) is 5.26. The predicted octanol–water partition coefficient (Wildman–Crippen LogP) is 1.81. The van der Waals surface area contributed by atoms with Crippen molar-refractivity contribution in [2.24, 2.45) is 0 Å². The molecule has 0 saturated carbocycles. The Morgan fingerprint density at radius 1 is 1.15 bits per heavy atom. The van der Waals surface area contributed by atoms with Gasteiger partial charge in [-0.3, -0.25) is 4.55 Å². The lowest BCUT2D eigenvalue weighted by Crippen LogP contribution is -2.19. The summed E-state index contributed by atoms with van der Waals surface area (Å²) in [6.45, 7) is 0.686. The van der Waals surface area contributed by atoms with E-state index in [9.17, 15) is 8.42 Å². The van der Waals surface area contributed by atoms with Gasteiger partial charge in [0, 0.05) is 25.3 Å². The summed E-state index contributed by atoms with van der Waals surface area (Å²) in [5.74, 6) is 1.11. The van der Waals surface area contributed by atoms with E-state index < -0.39 is 10.1 Å².